The molecule has 3 heteroatoms. The van der Waals surface area contributed by atoms with E-state index in [2.05, 4.69) is 30.6 Å². The standard InChI is InChI=1S/C15H31N3/c1-13(2)11-17-6-8-18(9-7-17)15(12-16)5-4-14(3)10-15/h13-14H,4-12,16H2,1-3H3. The molecule has 0 aromatic rings. The fourth-order valence-corrected chi connectivity index (χ4v) is 3.89. The summed E-state index contributed by atoms with van der Waals surface area (Å²) in [7, 11) is 0. The van der Waals surface area contributed by atoms with Gasteiger partial charge in [0.15, 0.2) is 0 Å². The first-order valence-electron chi connectivity index (χ1n) is 7.73. The molecule has 2 fully saturated rings. The molecule has 0 bridgehead atoms. The molecular formula is C15H31N3. The summed E-state index contributed by atoms with van der Waals surface area (Å²) in [6, 6.07) is 0. The summed E-state index contributed by atoms with van der Waals surface area (Å²) in [6.45, 7) is 14.0. The highest BCUT2D eigenvalue weighted by atomic mass is 15.3. The molecule has 0 aromatic heterocycles. The number of hydrogen-bond donors (Lipinski definition) is 1. The van der Waals surface area contributed by atoms with Gasteiger partial charge in [-0.15, -0.1) is 0 Å². The Hall–Kier alpha value is -0.120. The summed E-state index contributed by atoms with van der Waals surface area (Å²) in [6.07, 6.45) is 3.99. The third-order valence-electron chi connectivity index (χ3n) is 4.88. The van der Waals surface area contributed by atoms with E-state index >= 15 is 0 Å². The van der Waals surface area contributed by atoms with Crippen molar-refractivity contribution in [3.63, 3.8) is 0 Å². The SMILES string of the molecule is CC(C)CN1CCN(C2(CN)CCC(C)C2)CC1. The molecule has 1 aliphatic carbocycles. The lowest BCUT2D eigenvalue weighted by Gasteiger charge is -2.46. The van der Waals surface area contributed by atoms with Gasteiger partial charge in [-0.1, -0.05) is 20.8 Å². The highest BCUT2D eigenvalue weighted by Crippen LogP contribution is 2.38. The number of rotatable bonds is 4. The van der Waals surface area contributed by atoms with E-state index in [-0.39, 0.29) is 0 Å². The maximum atomic E-state index is 6.12. The quantitative estimate of drug-likeness (QED) is 0.829. The molecule has 3 nitrogen and oxygen atoms in total. The number of piperazine rings is 1. The van der Waals surface area contributed by atoms with Gasteiger partial charge in [-0.25, -0.2) is 0 Å². The second-order valence-corrected chi connectivity index (χ2v) is 6.96. The normalized spacial score (nSPS) is 35.5. The van der Waals surface area contributed by atoms with E-state index in [0.29, 0.717) is 5.54 Å². The van der Waals surface area contributed by atoms with Crippen molar-refractivity contribution >= 4 is 0 Å². The van der Waals surface area contributed by atoms with Crippen molar-refractivity contribution in [3.8, 4) is 0 Å². The van der Waals surface area contributed by atoms with E-state index < -0.39 is 0 Å². The summed E-state index contributed by atoms with van der Waals surface area (Å²) in [5.74, 6) is 1.65. The molecule has 1 saturated carbocycles. The van der Waals surface area contributed by atoms with E-state index in [0.717, 1.165) is 18.4 Å². The van der Waals surface area contributed by atoms with Crippen molar-refractivity contribution in [1.29, 1.82) is 0 Å². The molecule has 0 spiro atoms. The minimum atomic E-state index is 0.337. The van der Waals surface area contributed by atoms with Gasteiger partial charge in [0, 0.05) is 44.8 Å². The van der Waals surface area contributed by atoms with Crippen molar-refractivity contribution in [2.45, 2.75) is 45.6 Å². The second kappa shape index (κ2) is 5.89. The molecule has 1 saturated heterocycles. The molecule has 0 radical (unpaired) electrons. The Morgan fingerprint density at radius 3 is 2.33 bits per heavy atom. The van der Waals surface area contributed by atoms with Crippen LogP contribution in [0.5, 0.6) is 0 Å². The lowest BCUT2D eigenvalue weighted by molar-refractivity contribution is 0.0340. The minimum absolute atomic E-state index is 0.337. The van der Waals surface area contributed by atoms with E-state index in [4.69, 9.17) is 5.73 Å². The van der Waals surface area contributed by atoms with E-state index in [1.165, 1.54) is 52.0 Å². The van der Waals surface area contributed by atoms with Gasteiger partial charge < -0.3 is 10.6 Å². The molecule has 0 aromatic carbocycles. The molecule has 2 unspecified atom stereocenters. The third kappa shape index (κ3) is 3.06. The predicted octanol–water partition coefficient (Wildman–Crippen LogP) is 1.78. The molecule has 2 rings (SSSR count). The van der Waals surface area contributed by atoms with Gasteiger partial charge in [0.1, 0.15) is 0 Å². The average Bonchev–Trinajstić information content (AvgIpc) is 2.72. The van der Waals surface area contributed by atoms with Crippen molar-refractivity contribution in [2.75, 3.05) is 39.3 Å². The summed E-state index contributed by atoms with van der Waals surface area (Å²) in [5, 5.41) is 0. The van der Waals surface area contributed by atoms with Crippen LogP contribution in [-0.4, -0.2) is 54.6 Å². The van der Waals surface area contributed by atoms with Crippen LogP contribution in [0.1, 0.15) is 40.0 Å². The molecule has 18 heavy (non-hydrogen) atoms. The molecule has 2 N–H and O–H groups in total. The molecule has 1 aliphatic heterocycles. The van der Waals surface area contributed by atoms with Crippen molar-refractivity contribution in [3.05, 3.63) is 0 Å². The number of nitrogens with zero attached hydrogens (tertiary/aromatic N) is 2. The zero-order valence-electron chi connectivity index (χ0n) is 12.5. The topological polar surface area (TPSA) is 32.5 Å². The van der Waals surface area contributed by atoms with Gasteiger partial charge in [0.25, 0.3) is 0 Å². The van der Waals surface area contributed by atoms with E-state index in [1.807, 2.05) is 0 Å². The Balaban J connectivity index is 1.88. The van der Waals surface area contributed by atoms with Gasteiger partial charge in [0.05, 0.1) is 0 Å². The van der Waals surface area contributed by atoms with E-state index in [1.54, 1.807) is 0 Å². The van der Waals surface area contributed by atoms with Crippen LogP contribution in [0.25, 0.3) is 0 Å². The van der Waals surface area contributed by atoms with Gasteiger partial charge in [0.2, 0.25) is 0 Å². The highest BCUT2D eigenvalue weighted by molar-refractivity contribution is 4.99. The van der Waals surface area contributed by atoms with Gasteiger partial charge in [-0.2, -0.15) is 0 Å². The van der Waals surface area contributed by atoms with Crippen LogP contribution in [0.2, 0.25) is 0 Å². The Morgan fingerprint density at radius 1 is 1.22 bits per heavy atom. The Labute approximate surface area is 113 Å². The fourth-order valence-electron chi connectivity index (χ4n) is 3.89. The molecule has 2 aliphatic rings. The molecular weight excluding hydrogens is 222 g/mol. The monoisotopic (exact) mass is 253 g/mol. The minimum Gasteiger partial charge on any atom is -0.329 e. The Morgan fingerprint density at radius 2 is 1.89 bits per heavy atom. The van der Waals surface area contributed by atoms with Crippen LogP contribution in [0, 0.1) is 11.8 Å². The van der Waals surface area contributed by atoms with E-state index in [9.17, 15) is 0 Å². The fraction of sp³-hybridized carbons (Fsp3) is 1.00. The molecule has 0 amide bonds. The molecule has 1 heterocycles. The van der Waals surface area contributed by atoms with Crippen molar-refractivity contribution in [1.82, 2.24) is 9.80 Å². The smallest absolute Gasteiger partial charge is 0.0335 e. The first kappa shape index (κ1) is 14.3. The van der Waals surface area contributed by atoms with Gasteiger partial charge >= 0.3 is 0 Å². The average molecular weight is 253 g/mol. The van der Waals surface area contributed by atoms with Crippen LogP contribution in [0.3, 0.4) is 0 Å². The summed E-state index contributed by atoms with van der Waals surface area (Å²) >= 11 is 0. The lowest BCUT2D eigenvalue weighted by Crippen LogP contribution is -2.59. The summed E-state index contributed by atoms with van der Waals surface area (Å²) in [5.41, 5.74) is 6.46. The summed E-state index contributed by atoms with van der Waals surface area (Å²) < 4.78 is 0. The zero-order valence-corrected chi connectivity index (χ0v) is 12.5. The Bertz CT molecular complexity index is 258. The third-order valence-corrected chi connectivity index (χ3v) is 4.88. The van der Waals surface area contributed by atoms with Crippen LogP contribution < -0.4 is 5.73 Å². The predicted molar refractivity (Wildman–Crippen MR) is 77.7 cm³/mol. The zero-order chi connectivity index (χ0) is 13.2. The maximum absolute atomic E-state index is 6.12. The van der Waals surface area contributed by atoms with Crippen LogP contribution in [-0.2, 0) is 0 Å². The van der Waals surface area contributed by atoms with Gasteiger partial charge in [-0.3, -0.25) is 4.90 Å². The van der Waals surface area contributed by atoms with Crippen molar-refractivity contribution in [2.24, 2.45) is 17.6 Å². The largest absolute Gasteiger partial charge is 0.329 e. The van der Waals surface area contributed by atoms with Crippen LogP contribution in [0.15, 0.2) is 0 Å². The van der Waals surface area contributed by atoms with Crippen LogP contribution >= 0.6 is 0 Å². The maximum Gasteiger partial charge on any atom is 0.0335 e. The Kier molecular flexibility index (Phi) is 4.68. The number of hydrogen-bond acceptors (Lipinski definition) is 3. The molecule has 106 valence electrons. The van der Waals surface area contributed by atoms with Crippen LogP contribution in [0.4, 0.5) is 0 Å². The number of nitrogens with two attached hydrogens (primary N) is 1. The molecule has 2 atom stereocenters. The summed E-state index contributed by atoms with van der Waals surface area (Å²) in [4.78, 5) is 5.32. The lowest BCUT2D eigenvalue weighted by atomic mass is 9.93. The highest BCUT2D eigenvalue weighted by Gasteiger charge is 2.42. The first-order chi connectivity index (χ1) is 8.55. The second-order valence-electron chi connectivity index (χ2n) is 6.96. The van der Waals surface area contributed by atoms with Gasteiger partial charge in [-0.05, 0) is 31.1 Å². The first-order valence-corrected chi connectivity index (χ1v) is 7.73. The van der Waals surface area contributed by atoms with Crippen molar-refractivity contribution < 1.29 is 0 Å².